The molecule has 1 saturated heterocycles. The van der Waals surface area contributed by atoms with Crippen molar-refractivity contribution in [3.05, 3.63) is 11.6 Å². The Morgan fingerprint density at radius 3 is 2.15 bits per heavy atom. The molecule has 4 saturated carbocycles. The van der Waals surface area contributed by atoms with E-state index in [1.807, 2.05) is 20.8 Å². The van der Waals surface area contributed by atoms with Gasteiger partial charge in [-0.05, 0) is 84.9 Å². The monoisotopic (exact) mass is 666 g/mol. The summed E-state index contributed by atoms with van der Waals surface area (Å²) in [6, 6.07) is 0. The first-order chi connectivity index (χ1) is 21.8. The van der Waals surface area contributed by atoms with Crippen LogP contribution in [0.3, 0.4) is 0 Å². The van der Waals surface area contributed by atoms with Crippen LogP contribution in [-0.4, -0.2) is 109 Å². The number of carbonyl (C=O) groups excluding carboxylic acids is 1. The zero-order valence-electron chi connectivity index (χ0n) is 28.8. The van der Waals surface area contributed by atoms with Gasteiger partial charge in [0, 0.05) is 11.3 Å². The molecular weight excluding hydrogens is 608 g/mol. The molecule has 0 unspecified atom stereocenters. The summed E-state index contributed by atoms with van der Waals surface area (Å²) in [4.78, 5) is 14.4. The lowest BCUT2D eigenvalue weighted by molar-refractivity contribution is -0.298. The minimum Gasteiger partial charge on any atom is -0.432 e. The number of rotatable bonds is 4. The van der Waals surface area contributed by atoms with E-state index in [1.54, 1.807) is 0 Å². The van der Waals surface area contributed by atoms with Gasteiger partial charge in [0.15, 0.2) is 0 Å². The van der Waals surface area contributed by atoms with Gasteiger partial charge in [0.05, 0.1) is 36.9 Å². The minimum absolute atomic E-state index is 0.00502. The summed E-state index contributed by atoms with van der Waals surface area (Å²) in [5, 5.41) is 85.9. The molecule has 0 radical (unpaired) electrons. The molecule has 268 valence electrons. The minimum atomic E-state index is -1.72. The van der Waals surface area contributed by atoms with Gasteiger partial charge in [-0.3, -0.25) is 4.79 Å². The highest BCUT2D eigenvalue weighted by Crippen LogP contribution is 2.75. The van der Waals surface area contributed by atoms with E-state index in [9.17, 15) is 45.6 Å². The van der Waals surface area contributed by atoms with Gasteiger partial charge in [0.1, 0.15) is 24.4 Å². The summed E-state index contributed by atoms with van der Waals surface area (Å²) in [6.07, 6.45) is -3.62. The second kappa shape index (κ2) is 11.4. The highest BCUT2D eigenvalue weighted by Gasteiger charge is 2.72. The van der Waals surface area contributed by atoms with Crippen LogP contribution in [0.2, 0.25) is 0 Å². The highest BCUT2D eigenvalue weighted by molar-refractivity contribution is 5.79. The van der Waals surface area contributed by atoms with Gasteiger partial charge in [-0.15, -0.1) is 0 Å². The van der Waals surface area contributed by atoms with Crippen molar-refractivity contribution in [1.29, 1.82) is 0 Å². The summed E-state index contributed by atoms with van der Waals surface area (Å²) in [6.45, 7) is 11.9. The van der Waals surface area contributed by atoms with Crippen molar-refractivity contribution in [3.63, 3.8) is 0 Å². The molecule has 8 N–H and O–H groups in total. The first-order valence-electron chi connectivity index (χ1n) is 17.7. The molecule has 0 aromatic rings. The Labute approximate surface area is 278 Å². The predicted octanol–water partition coefficient (Wildman–Crippen LogP) is 1.41. The van der Waals surface area contributed by atoms with Gasteiger partial charge >= 0.3 is 5.97 Å². The molecule has 5 aliphatic carbocycles. The molecule has 1 heterocycles. The van der Waals surface area contributed by atoms with Gasteiger partial charge < -0.3 is 50.3 Å². The topological polar surface area (TPSA) is 197 Å². The third-order valence-electron chi connectivity index (χ3n) is 15.4. The molecule has 0 spiro atoms. The lowest BCUT2D eigenvalue weighted by Crippen LogP contribution is -2.69. The first kappa shape index (κ1) is 35.7. The summed E-state index contributed by atoms with van der Waals surface area (Å²) in [5.41, 5.74) is -2.46. The third-order valence-corrected chi connectivity index (χ3v) is 15.4. The van der Waals surface area contributed by atoms with E-state index in [4.69, 9.17) is 9.47 Å². The maximum atomic E-state index is 14.4. The average Bonchev–Trinajstić information content (AvgIpc) is 3.02. The average molecular weight is 667 g/mol. The third kappa shape index (κ3) is 4.67. The summed E-state index contributed by atoms with van der Waals surface area (Å²) in [7, 11) is 0. The van der Waals surface area contributed by atoms with Crippen molar-refractivity contribution in [2.75, 3.05) is 13.2 Å². The number of aliphatic hydroxyl groups is 8. The molecule has 1 aliphatic heterocycles. The largest absolute Gasteiger partial charge is 0.432 e. The molecule has 0 aromatic heterocycles. The van der Waals surface area contributed by atoms with Crippen LogP contribution < -0.4 is 0 Å². The lowest BCUT2D eigenvalue weighted by atomic mass is 9.33. The number of carbonyl (C=O) groups is 1. The number of ether oxygens (including phenoxy) is 2. The Hall–Kier alpha value is -1.15. The van der Waals surface area contributed by atoms with Gasteiger partial charge in [-0.1, -0.05) is 53.2 Å². The van der Waals surface area contributed by atoms with Gasteiger partial charge in [0.25, 0.3) is 0 Å². The van der Waals surface area contributed by atoms with E-state index in [2.05, 4.69) is 26.8 Å². The van der Waals surface area contributed by atoms with E-state index in [0.717, 1.165) is 18.4 Å². The van der Waals surface area contributed by atoms with Crippen molar-refractivity contribution in [3.8, 4) is 0 Å². The normalized spacial score (nSPS) is 55.4. The van der Waals surface area contributed by atoms with Crippen molar-refractivity contribution >= 4 is 5.97 Å². The smallest absolute Gasteiger partial charge is 0.315 e. The van der Waals surface area contributed by atoms with Crippen LogP contribution in [0.4, 0.5) is 0 Å². The Morgan fingerprint density at radius 1 is 0.851 bits per heavy atom. The van der Waals surface area contributed by atoms with Crippen LogP contribution in [0.15, 0.2) is 11.6 Å². The Kier molecular flexibility index (Phi) is 8.68. The van der Waals surface area contributed by atoms with E-state index in [0.29, 0.717) is 38.5 Å². The van der Waals surface area contributed by atoms with Crippen LogP contribution in [0, 0.1) is 50.2 Å². The zero-order valence-corrected chi connectivity index (χ0v) is 28.8. The zero-order chi connectivity index (χ0) is 34.7. The quantitative estimate of drug-likeness (QED) is 0.160. The number of hydrogen-bond donors (Lipinski definition) is 8. The van der Waals surface area contributed by atoms with Crippen molar-refractivity contribution in [2.45, 2.75) is 142 Å². The van der Waals surface area contributed by atoms with Crippen LogP contribution in [0.5, 0.6) is 0 Å². The number of aliphatic hydroxyl groups excluding tert-OH is 8. The first-order valence-corrected chi connectivity index (χ1v) is 17.7. The highest BCUT2D eigenvalue weighted by atomic mass is 16.7. The second-order valence-corrected chi connectivity index (χ2v) is 17.8. The Bertz CT molecular complexity index is 1270. The lowest BCUT2D eigenvalue weighted by Gasteiger charge is -2.71. The fourth-order valence-corrected chi connectivity index (χ4v) is 12.1. The van der Waals surface area contributed by atoms with E-state index in [-0.39, 0.29) is 29.3 Å². The molecular formula is C36H58O11. The summed E-state index contributed by atoms with van der Waals surface area (Å²) < 4.78 is 11.4. The molecule has 0 aromatic carbocycles. The fraction of sp³-hybridized carbons (Fsp3) is 0.917. The van der Waals surface area contributed by atoms with Gasteiger partial charge in [-0.25, -0.2) is 0 Å². The number of esters is 1. The standard InChI is InChI=1S/C36H58O11/c1-31(2)11-13-36(30(45)47-29-26(42)25(41)24(40)20(16-37)46-29)14-12-34(5)18(23(36)28(31)44)7-8-22-32(3)15-19(39)27(43)33(4,17-38)21(32)9-10-35(22,34)6/h7,19-29,37-44H,8-17H2,1-6H3/t19-,20-,21-,22-,23-,24-,25+,26-,27+,28-,29+,32+,33+,34-,35-,36+/m1/s1. The maximum Gasteiger partial charge on any atom is 0.315 e. The molecule has 6 rings (SSSR count). The van der Waals surface area contributed by atoms with Gasteiger partial charge in [-0.2, -0.15) is 0 Å². The van der Waals surface area contributed by atoms with Crippen LogP contribution >= 0.6 is 0 Å². The molecule has 0 bridgehead atoms. The Morgan fingerprint density at radius 2 is 1.51 bits per heavy atom. The number of fused-ring (bicyclic) bond motifs is 7. The fourth-order valence-electron chi connectivity index (χ4n) is 12.1. The molecule has 16 atom stereocenters. The van der Waals surface area contributed by atoms with Crippen molar-refractivity contribution < 1.29 is 55.1 Å². The second-order valence-electron chi connectivity index (χ2n) is 17.8. The molecule has 11 heteroatoms. The van der Waals surface area contributed by atoms with Crippen LogP contribution in [0.25, 0.3) is 0 Å². The van der Waals surface area contributed by atoms with E-state index < -0.39 is 89.2 Å². The number of hydrogen-bond acceptors (Lipinski definition) is 11. The number of allylic oxidation sites excluding steroid dienone is 1. The maximum absolute atomic E-state index is 14.4. The van der Waals surface area contributed by atoms with Crippen molar-refractivity contribution in [1.82, 2.24) is 0 Å². The molecule has 0 amide bonds. The SMILES string of the molecule is CC1(C)CC[C@]2(C(=O)O[C@@H]3O[C@H](CO)[C@@H](O)[C@H](O)[C@H]3O)CC[C@]3(C)C(=CC[C@@H]4[C@@]5(C)C[C@@H](O)[C@H](O)[C@@](C)(CO)[C@@H]5CC[C@]43C)[C@@H]2[C@H]1O. The van der Waals surface area contributed by atoms with Crippen molar-refractivity contribution in [2.24, 2.45) is 50.2 Å². The predicted molar refractivity (Wildman–Crippen MR) is 169 cm³/mol. The Balaban J connectivity index is 1.39. The molecule has 11 nitrogen and oxygen atoms in total. The van der Waals surface area contributed by atoms with E-state index in [1.165, 1.54) is 0 Å². The molecule has 47 heavy (non-hydrogen) atoms. The van der Waals surface area contributed by atoms with Crippen LogP contribution in [0.1, 0.15) is 92.9 Å². The van der Waals surface area contributed by atoms with E-state index >= 15 is 0 Å². The summed E-state index contributed by atoms with van der Waals surface area (Å²) in [5.74, 6) is -1.08. The van der Waals surface area contributed by atoms with Crippen LogP contribution in [-0.2, 0) is 14.3 Å². The molecule has 6 aliphatic rings. The summed E-state index contributed by atoms with van der Waals surface area (Å²) >= 11 is 0. The van der Waals surface area contributed by atoms with Gasteiger partial charge in [0.2, 0.25) is 6.29 Å². The molecule has 5 fully saturated rings.